The predicted octanol–water partition coefficient (Wildman–Crippen LogP) is 4.99. The molecule has 0 saturated carbocycles. The molecule has 0 bridgehead atoms. The van der Waals surface area contributed by atoms with Crippen molar-refractivity contribution in [3.63, 3.8) is 0 Å². The summed E-state index contributed by atoms with van der Waals surface area (Å²) in [6.45, 7) is 7.55. The maximum Gasteiger partial charge on any atom is 0.195 e. The van der Waals surface area contributed by atoms with Crippen molar-refractivity contribution >= 4 is 0 Å². The zero-order valence-electron chi connectivity index (χ0n) is 15.8. The second kappa shape index (κ2) is 10.9. The number of rotatable bonds is 7. The molecule has 140 valence electrons. The quantitative estimate of drug-likeness (QED) is 0.713. The average Bonchev–Trinajstić information content (AvgIpc) is 3.20. The molecule has 0 aliphatic carbocycles. The van der Waals surface area contributed by atoms with Gasteiger partial charge in [0.25, 0.3) is 0 Å². The highest BCUT2D eigenvalue weighted by Crippen LogP contribution is 2.39. The predicted molar refractivity (Wildman–Crippen MR) is 108 cm³/mol. The van der Waals surface area contributed by atoms with Crippen LogP contribution in [0.25, 0.3) is 0 Å². The summed E-state index contributed by atoms with van der Waals surface area (Å²) in [5.74, 6) is -0.00158. The molecule has 1 aliphatic heterocycles. The van der Waals surface area contributed by atoms with Gasteiger partial charge in [-0.25, -0.2) is 0 Å². The Labute approximate surface area is 157 Å². The summed E-state index contributed by atoms with van der Waals surface area (Å²) in [5, 5.41) is 0. The number of nitrogens with two attached hydrogens (primary N) is 1. The van der Waals surface area contributed by atoms with E-state index in [2.05, 4.69) is 68.1 Å². The molecular weight excluding hydrogens is 322 g/mol. The molecular formula is C23H31NO2. The Balaban J connectivity index is 0.000000552. The second-order valence-electron chi connectivity index (χ2n) is 6.39. The van der Waals surface area contributed by atoms with Crippen molar-refractivity contribution < 1.29 is 9.47 Å². The van der Waals surface area contributed by atoms with Crippen molar-refractivity contribution in [2.75, 3.05) is 19.8 Å². The van der Waals surface area contributed by atoms with E-state index in [1.807, 2.05) is 6.07 Å². The van der Waals surface area contributed by atoms with Crippen LogP contribution >= 0.6 is 0 Å². The molecule has 1 heterocycles. The summed E-state index contributed by atoms with van der Waals surface area (Å²) >= 11 is 0. The van der Waals surface area contributed by atoms with Gasteiger partial charge in [-0.05, 0) is 24.3 Å². The second-order valence-corrected chi connectivity index (χ2v) is 6.39. The summed E-state index contributed by atoms with van der Waals surface area (Å²) in [6, 6.07) is 21.1. The lowest BCUT2D eigenvalue weighted by Gasteiger charge is -2.29. The molecule has 0 amide bonds. The van der Waals surface area contributed by atoms with E-state index in [4.69, 9.17) is 15.2 Å². The van der Waals surface area contributed by atoms with Gasteiger partial charge in [0.1, 0.15) is 0 Å². The van der Waals surface area contributed by atoms with Gasteiger partial charge in [0.05, 0.1) is 13.2 Å². The van der Waals surface area contributed by atoms with Crippen molar-refractivity contribution in [3.05, 3.63) is 84.4 Å². The smallest absolute Gasteiger partial charge is 0.195 e. The van der Waals surface area contributed by atoms with Crippen molar-refractivity contribution in [3.8, 4) is 0 Å². The zero-order valence-corrected chi connectivity index (χ0v) is 15.8. The first-order chi connectivity index (χ1) is 12.8. The van der Waals surface area contributed by atoms with E-state index in [-0.39, 0.29) is 0 Å². The normalized spacial score (nSPS) is 16.4. The lowest BCUT2D eigenvalue weighted by molar-refractivity contribution is -0.172. The average molecular weight is 354 g/mol. The molecule has 3 nitrogen and oxygen atoms in total. The Morgan fingerprint density at radius 2 is 1.58 bits per heavy atom. The minimum absolute atomic E-state index is 0.551. The molecule has 1 aliphatic rings. The van der Waals surface area contributed by atoms with Gasteiger partial charge in [-0.15, -0.1) is 6.58 Å². The highest BCUT2D eigenvalue weighted by molar-refractivity contribution is 5.22. The van der Waals surface area contributed by atoms with Crippen molar-refractivity contribution in [1.29, 1.82) is 0 Å². The topological polar surface area (TPSA) is 44.5 Å². The van der Waals surface area contributed by atoms with Crippen molar-refractivity contribution in [2.24, 2.45) is 5.73 Å². The van der Waals surface area contributed by atoms with Gasteiger partial charge in [-0.3, -0.25) is 0 Å². The third kappa shape index (κ3) is 5.53. The maximum absolute atomic E-state index is 6.04. The van der Waals surface area contributed by atoms with Gasteiger partial charge < -0.3 is 15.2 Å². The molecule has 1 unspecified atom stereocenters. The van der Waals surface area contributed by atoms with Crippen LogP contribution in [0.4, 0.5) is 0 Å². The fourth-order valence-electron chi connectivity index (χ4n) is 3.30. The number of benzene rings is 2. The zero-order chi connectivity index (χ0) is 18.7. The van der Waals surface area contributed by atoms with E-state index in [1.54, 1.807) is 6.08 Å². The third-order valence-corrected chi connectivity index (χ3v) is 4.72. The Morgan fingerprint density at radius 1 is 1.04 bits per heavy atom. The van der Waals surface area contributed by atoms with Crippen LogP contribution in [-0.2, 0) is 15.3 Å². The van der Waals surface area contributed by atoms with Crippen molar-refractivity contribution in [1.82, 2.24) is 0 Å². The summed E-state index contributed by atoms with van der Waals surface area (Å²) in [4.78, 5) is 0. The fraction of sp³-hybridized carbons (Fsp3) is 0.391. The molecule has 1 fully saturated rings. The highest BCUT2D eigenvalue weighted by atomic mass is 16.7. The highest BCUT2D eigenvalue weighted by Gasteiger charge is 2.38. The first kappa shape index (κ1) is 20.4. The third-order valence-electron chi connectivity index (χ3n) is 4.72. The fourth-order valence-corrected chi connectivity index (χ4v) is 3.30. The summed E-state index contributed by atoms with van der Waals surface area (Å²) in [5.41, 5.74) is 7.45. The molecule has 0 spiro atoms. The van der Waals surface area contributed by atoms with Gasteiger partial charge in [0.15, 0.2) is 5.79 Å². The number of ether oxygens (including phenoxy) is 2. The van der Waals surface area contributed by atoms with Gasteiger partial charge in [0.2, 0.25) is 0 Å². The largest absolute Gasteiger partial charge is 0.343 e. The maximum atomic E-state index is 6.04. The van der Waals surface area contributed by atoms with E-state index in [0.717, 1.165) is 24.8 Å². The molecule has 2 aromatic rings. The Morgan fingerprint density at radius 3 is 2.08 bits per heavy atom. The van der Waals surface area contributed by atoms with Gasteiger partial charge in [-0.1, -0.05) is 73.7 Å². The van der Waals surface area contributed by atoms with E-state index < -0.39 is 5.79 Å². The molecule has 3 heteroatoms. The van der Waals surface area contributed by atoms with Crippen LogP contribution in [0, 0.1) is 0 Å². The summed E-state index contributed by atoms with van der Waals surface area (Å²) in [7, 11) is 0. The first-order valence-corrected chi connectivity index (χ1v) is 9.45. The van der Waals surface area contributed by atoms with E-state index in [0.29, 0.717) is 25.7 Å². The van der Waals surface area contributed by atoms with Crippen molar-refractivity contribution in [2.45, 2.75) is 37.9 Å². The van der Waals surface area contributed by atoms with Crippen LogP contribution in [-0.4, -0.2) is 19.8 Å². The van der Waals surface area contributed by atoms with E-state index in [1.165, 1.54) is 5.56 Å². The molecule has 0 aromatic heterocycles. The van der Waals surface area contributed by atoms with Gasteiger partial charge in [0, 0.05) is 18.5 Å². The van der Waals surface area contributed by atoms with Gasteiger partial charge >= 0.3 is 0 Å². The first-order valence-electron chi connectivity index (χ1n) is 9.45. The van der Waals surface area contributed by atoms with E-state index in [9.17, 15) is 0 Å². The number of hydrogen-bond donors (Lipinski definition) is 1. The molecule has 2 aromatic carbocycles. The van der Waals surface area contributed by atoms with Gasteiger partial charge in [-0.2, -0.15) is 0 Å². The lowest BCUT2D eigenvalue weighted by Crippen LogP contribution is -2.27. The molecule has 3 rings (SSSR count). The summed E-state index contributed by atoms with van der Waals surface area (Å²) in [6.07, 6.45) is 4.74. The molecule has 26 heavy (non-hydrogen) atoms. The Bertz CT molecular complexity index is 621. The van der Waals surface area contributed by atoms with E-state index >= 15 is 0 Å². The van der Waals surface area contributed by atoms with Crippen LogP contribution in [0.2, 0.25) is 0 Å². The number of hydrogen-bond acceptors (Lipinski definition) is 3. The summed E-state index contributed by atoms with van der Waals surface area (Å²) < 4.78 is 12.1. The lowest BCUT2D eigenvalue weighted by atomic mass is 9.88. The molecule has 0 radical (unpaired) electrons. The molecule has 1 saturated heterocycles. The Hall–Kier alpha value is -1.94. The van der Waals surface area contributed by atoms with Crippen LogP contribution in [0.3, 0.4) is 0 Å². The monoisotopic (exact) mass is 353 g/mol. The van der Waals surface area contributed by atoms with Crippen LogP contribution in [0.15, 0.2) is 73.3 Å². The Kier molecular flexibility index (Phi) is 8.56. The van der Waals surface area contributed by atoms with Crippen LogP contribution in [0.5, 0.6) is 0 Å². The SMILES string of the molecule is C=CCN.CCC(CCC1(c2ccccc2)OCCO1)c1ccccc1. The molecule has 1 atom stereocenters. The van der Waals surface area contributed by atoms with Crippen LogP contribution in [0.1, 0.15) is 43.2 Å². The molecule has 2 N–H and O–H groups in total. The minimum atomic E-state index is -0.552. The van der Waals surface area contributed by atoms with Crippen LogP contribution < -0.4 is 5.73 Å². The minimum Gasteiger partial charge on any atom is -0.343 e. The standard InChI is InChI=1S/C20H24O2.C3H7N/c1-2-17(18-9-5-3-6-10-18)13-14-20(21-15-16-22-20)19-11-7-4-8-12-19;1-2-3-4/h3-12,17H,2,13-16H2,1H3;2H,1,3-4H2.